The van der Waals surface area contributed by atoms with Gasteiger partial charge in [0.15, 0.2) is 5.13 Å². The lowest BCUT2D eigenvalue weighted by Crippen LogP contribution is -2.33. The molecule has 0 spiro atoms. The molecular formula is C22H22N2O2S. The Labute approximate surface area is 162 Å². The van der Waals surface area contributed by atoms with Gasteiger partial charge < -0.3 is 0 Å². The third kappa shape index (κ3) is 2.24. The number of benzene rings is 1. The Morgan fingerprint density at radius 3 is 2.19 bits per heavy atom. The summed E-state index contributed by atoms with van der Waals surface area (Å²) in [5, 5.41) is 0.536. The Morgan fingerprint density at radius 2 is 1.63 bits per heavy atom. The molecule has 4 nitrogen and oxygen atoms in total. The van der Waals surface area contributed by atoms with Crippen LogP contribution in [0.4, 0.5) is 5.13 Å². The van der Waals surface area contributed by atoms with Gasteiger partial charge in [-0.2, -0.15) is 0 Å². The Kier molecular flexibility index (Phi) is 3.66. The van der Waals surface area contributed by atoms with Crippen molar-refractivity contribution < 1.29 is 9.59 Å². The average molecular weight is 378 g/mol. The maximum absolute atomic E-state index is 13.3. The van der Waals surface area contributed by atoms with Crippen LogP contribution in [0, 0.1) is 30.6 Å². The van der Waals surface area contributed by atoms with Gasteiger partial charge in [0.1, 0.15) is 0 Å². The molecule has 2 saturated carbocycles. The number of aromatic nitrogens is 1. The smallest absolute Gasteiger partial charge is 0.240 e. The number of thiazole rings is 1. The third-order valence-corrected chi connectivity index (χ3v) is 7.41. The Morgan fingerprint density at radius 1 is 1.04 bits per heavy atom. The number of carbonyl (C=O) groups is 2. The van der Waals surface area contributed by atoms with Crippen LogP contribution < -0.4 is 4.90 Å². The van der Waals surface area contributed by atoms with Crippen molar-refractivity contribution in [1.82, 2.24) is 4.98 Å². The molecule has 4 atom stereocenters. The van der Waals surface area contributed by atoms with Gasteiger partial charge in [0.2, 0.25) is 11.8 Å². The molecule has 0 unspecified atom stereocenters. The fraction of sp³-hybridized carbons (Fsp3) is 0.409. The second-order valence-electron chi connectivity index (χ2n) is 8.08. The predicted molar refractivity (Wildman–Crippen MR) is 106 cm³/mol. The number of aryl methyl sites for hydroxylation is 1. The van der Waals surface area contributed by atoms with Crippen molar-refractivity contribution in [1.29, 1.82) is 0 Å². The molecule has 2 amide bonds. The molecule has 0 radical (unpaired) electrons. The number of imide groups is 1. The molecule has 2 aromatic rings. The molecule has 1 aromatic carbocycles. The Balaban J connectivity index is 1.53. The largest absolute Gasteiger partial charge is 0.274 e. The summed E-state index contributed by atoms with van der Waals surface area (Å²) >= 11 is 1.44. The predicted octanol–water partition coefficient (Wildman–Crippen LogP) is 4.60. The van der Waals surface area contributed by atoms with E-state index in [1.54, 1.807) is 0 Å². The summed E-state index contributed by atoms with van der Waals surface area (Å²) < 4.78 is 0. The van der Waals surface area contributed by atoms with Crippen LogP contribution in [0.25, 0.3) is 11.3 Å². The SMILES string of the molecule is CC(C)=C1[C@@H]2CC[C@@H]1[C@@H]1C(=O)N(c3nc(-c4ccccc4)c(C)s3)C(=O)[C@H]12. The van der Waals surface area contributed by atoms with Crippen LogP contribution in [0.3, 0.4) is 0 Å². The van der Waals surface area contributed by atoms with Gasteiger partial charge in [-0.25, -0.2) is 9.88 Å². The van der Waals surface area contributed by atoms with Crippen LogP contribution in [0.1, 0.15) is 31.6 Å². The van der Waals surface area contributed by atoms with Gasteiger partial charge in [-0.05, 0) is 45.4 Å². The molecule has 5 heteroatoms. The van der Waals surface area contributed by atoms with Crippen molar-refractivity contribution >= 4 is 28.3 Å². The van der Waals surface area contributed by atoms with E-state index in [2.05, 4.69) is 13.8 Å². The Hall–Kier alpha value is -2.27. The number of hydrogen-bond donors (Lipinski definition) is 0. The summed E-state index contributed by atoms with van der Waals surface area (Å²) in [7, 11) is 0. The third-order valence-electron chi connectivity index (χ3n) is 6.45. The van der Waals surface area contributed by atoms with Crippen molar-refractivity contribution in [2.75, 3.05) is 4.90 Å². The first kappa shape index (κ1) is 16.9. The summed E-state index contributed by atoms with van der Waals surface area (Å²) in [6.45, 7) is 6.23. The quantitative estimate of drug-likeness (QED) is 0.567. The fourth-order valence-electron chi connectivity index (χ4n) is 5.52. The second kappa shape index (κ2) is 5.86. The fourth-order valence-corrected chi connectivity index (χ4v) is 6.46. The summed E-state index contributed by atoms with van der Waals surface area (Å²) in [6.07, 6.45) is 2.07. The van der Waals surface area contributed by atoms with Gasteiger partial charge in [-0.1, -0.05) is 41.5 Å². The molecule has 3 fully saturated rings. The number of carbonyl (C=O) groups excluding carboxylic acids is 2. The first-order valence-electron chi connectivity index (χ1n) is 9.57. The molecule has 2 bridgehead atoms. The topological polar surface area (TPSA) is 50.3 Å². The van der Waals surface area contributed by atoms with Crippen LogP contribution >= 0.6 is 11.3 Å². The minimum Gasteiger partial charge on any atom is -0.274 e. The monoisotopic (exact) mass is 378 g/mol. The van der Waals surface area contributed by atoms with Crippen molar-refractivity contribution in [3.63, 3.8) is 0 Å². The zero-order valence-corrected chi connectivity index (χ0v) is 16.5. The molecular weight excluding hydrogens is 356 g/mol. The zero-order valence-electron chi connectivity index (χ0n) is 15.7. The van der Waals surface area contributed by atoms with Crippen molar-refractivity contribution in [3.05, 3.63) is 46.4 Å². The highest BCUT2D eigenvalue weighted by Gasteiger charge is 2.64. The van der Waals surface area contributed by atoms with E-state index in [1.165, 1.54) is 27.4 Å². The van der Waals surface area contributed by atoms with Gasteiger partial charge in [0.25, 0.3) is 0 Å². The maximum Gasteiger partial charge on any atom is 0.240 e. The summed E-state index contributed by atoms with van der Waals surface area (Å²) in [4.78, 5) is 33.7. The molecule has 1 aromatic heterocycles. The number of hydrogen-bond acceptors (Lipinski definition) is 4. The summed E-state index contributed by atoms with van der Waals surface area (Å²) in [5.74, 6) is 0.0758. The average Bonchev–Trinajstić information content (AvgIpc) is 3.37. The van der Waals surface area contributed by atoms with Gasteiger partial charge in [-0.3, -0.25) is 9.59 Å². The van der Waals surface area contributed by atoms with Gasteiger partial charge in [0.05, 0.1) is 17.5 Å². The van der Waals surface area contributed by atoms with Gasteiger partial charge in [-0.15, -0.1) is 11.3 Å². The molecule has 3 aliphatic rings. The molecule has 138 valence electrons. The highest BCUT2D eigenvalue weighted by Crippen LogP contribution is 2.60. The lowest BCUT2D eigenvalue weighted by atomic mass is 9.81. The van der Waals surface area contributed by atoms with E-state index in [1.807, 2.05) is 37.3 Å². The van der Waals surface area contributed by atoms with Crippen LogP contribution in [0.5, 0.6) is 0 Å². The van der Waals surface area contributed by atoms with E-state index >= 15 is 0 Å². The minimum atomic E-state index is -0.175. The summed E-state index contributed by atoms with van der Waals surface area (Å²) in [5.41, 5.74) is 4.55. The Bertz CT molecular complexity index is 955. The molecule has 27 heavy (non-hydrogen) atoms. The first-order valence-corrected chi connectivity index (χ1v) is 10.4. The van der Waals surface area contributed by atoms with E-state index in [-0.39, 0.29) is 35.5 Å². The molecule has 1 saturated heterocycles. The van der Waals surface area contributed by atoms with E-state index < -0.39 is 0 Å². The van der Waals surface area contributed by atoms with Crippen LogP contribution in [0.2, 0.25) is 0 Å². The highest BCUT2D eigenvalue weighted by atomic mass is 32.1. The van der Waals surface area contributed by atoms with Crippen molar-refractivity contribution in [3.8, 4) is 11.3 Å². The maximum atomic E-state index is 13.3. The number of amides is 2. The van der Waals surface area contributed by atoms with Crippen LogP contribution in [-0.4, -0.2) is 16.8 Å². The molecule has 0 N–H and O–H groups in total. The van der Waals surface area contributed by atoms with E-state index in [4.69, 9.17) is 4.98 Å². The lowest BCUT2D eigenvalue weighted by Gasteiger charge is -2.18. The number of anilines is 1. The molecule has 2 aliphatic carbocycles. The molecule has 1 aliphatic heterocycles. The van der Waals surface area contributed by atoms with Crippen LogP contribution in [0.15, 0.2) is 41.5 Å². The van der Waals surface area contributed by atoms with Gasteiger partial charge in [0, 0.05) is 10.4 Å². The molecule has 2 heterocycles. The number of fused-ring (bicyclic) bond motifs is 5. The minimum absolute atomic E-state index is 0.0377. The number of rotatable bonds is 2. The van der Waals surface area contributed by atoms with Crippen molar-refractivity contribution in [2.45, 2.75) is 33.6 Å². The highest BCUT2D eigenvalue weighted by molar-refractivity contribution is 7.16. The van der Waals surface area contributed by atoms with E-state index in [9.17, 15) is 9.59 Å². The first-order chi connectivity index (χ1) is 13.0. The number of nitrogens with zero attached hydrogens (tertiary/aromatic N) is 2. The normalized spacial score (nSPS) is 29.0. The number of allylic oxidation sites excluding steroid dienone is 2. The zero-order chi connectivity index (χ0) is 18.9. The van der Waals surface area contributed by atoms with E-state index in [0.29, 0.717) is 5.13 Å². The summed E-state index contributed by atoms with van der Waals surface area (Å²) in [6, 6.07) is 9.94. The molecule has 5 rings (SSSR count). The second-order valence-corrected chi connectivity index (χ2v) is 9.26. The van der Waals surface area contributed by atoms with Gasteiger partial charge >= 0.3 is 0 Å². The lowest BCUT2D eigenvalue weighted by molar-refractivity contribution is -0.123. The van der Waals surface area contributed by atoms with Crippen molar-refractivity contribution in [2.24, 2.45) is 23.7 Å². The van der Waals surface area contributed by atoms with Crippen LogP contribution in [-0.2, 0) is 9.59 Å². The standard InChI is InChI=1S/C22H22N2O2S/c1-11(2)16-14-9-10-15(16)18-17(14)20(25)24(21(18)26)22-23-19(12(3)27-22)13-7-5-4-6-8-13/h4-8,14-15,17-18H,9-10H2,1-3H3/t14-,15-,17-,18-/m0/s1. The van der Waals surface area contributed by atoms with E-state index in [0.717, 1.165) is 29.0 Å².